The van der Waals surface area contributed by atoms with Crippen LogP contribution in [0.3, 0.4) is 0 Å². The van der Waals surface area contributed by atoms with Gasteiger partial charge in [-0.15, -0.1) is 0 Å². The van der Waals surface area contributed by atoms with E-state index in [2.05, 4.69) is 9.71 Å². The minimum absolute atomic E-state index is 0.264. The van der Waals surface area contributed by atoms with Gasteiger partial charge in [0.25, 0.3) is 0 Å². The van der Waals surface area contributed by atoms with Gasteiger partial charge in [-0.1, -0.05) is 18.2 Å². The van der Waals surface area contributed by atoms with Crippen molar-refractivity contribution in [3.05, 3.63) is 36.0 Å². The molecule has 0 unspecified atom stereocenters. The van der Waals surface area contributed by atoms with Crippen molar-refractivity contribution >= 4 is 32.9 Å². The number of benzene rings is 1. The van der Waals surface area contributed by atoms with Crippen LogP contribution in [0.25, 0.3) is 10.9 Å². The molecule has 0 fully saturated rings. The number of sulfonamides is 1. The number of fused-ring (bicyclic) bond motifs is 1. The zero-order valence-corrected chi connectivity index (χ0v) is 9.86. The van der Waals surface area contributed by atoms with Crippen molar-refractivity contribution in [1.29, 1.82) is 0 Å². The number of carbonyl (C=O) groups excluding carboxylic acids is 1. The third-order valence-electron chi connectivity index (χ3n) is 2.16. The van der Waals surface area contributed by atoms with Gasteiger partial charge in [-0.2, -0.15) is 0 Å². The summed E-state index contributed by atoms with van der Waals surface area (Å²) in [5.41, 5.74) is 1.09. The van der Waals surface area contributed by atoms with Crippen molar-refractivity contribution in [2.24, 2.45) is 0 Å². The SMILES string of the molecule is CS(=O)(=O)Nc1cccc2ccc(C=O)nc12. The molecule has 5 nitrogen and oxygen atoms in total. The maximum absolute atomic E-state index is 11.2. The predicted molar refractivity (Wildman–Crippen MR) is 65.6 cm³/mol. The monoisotopic (exact) mass is 250 g/mol. The topological polar surface area (TPSA) is 76.1 Å². The summed E-state index contributed by atoms with van der Waals surface area (Å²) >= 11 is 0. The number of aromatic nitrogens is 1. The number of pyridine rings is 1. The number of aldehydes is 1. The molecule has 0 aliphatic rings. The molecule has 1 heterocycles. The van der Waals surface area contributed by atoms with Gasteiger partial charge < -0.3 is 0 Å². The summed E-state index contributed by atoms with van der Waals surface area (Å²) in [7, 11) is -3.37. The third-order valence-corrected chi connectivity index (χ3v) is 2.75. The van der Waals surface area contributed by atoms with E-state index in [4.69, 9.17) is 0 Å². The van der Waals surface area contributed by atoms with Gasteiger partial charge in [-0.3, -0.25) is 9.52 Å². The maximum Gasteiger partial charge on any atom is 0.229 e. The van der Waals surface area contributed by atoms with Crippen molar-refractivity contribution in [3.63, 3.8) is 0 Å². The van der Waals surface area contributed by atoms with E-state index < -0.39 is 10.0 Å². The number of nitrogens with one attached hydrogen (secondary N) is 1. The summed E-state index contributed by atoms with van der Waals surface area (Å²) in [5.74, 6) is 0. The normalized spacial score (nSPS) is 11.4. The third kappa shape index (κ3) is 2.59. The molecule has 0 radical (unpaired) electrons. The summed E-state index contributed by atoms with van der Waals surface area (Å²) in [6.07, 6.45) is 1.69. The molecule has 1 N–H and O–H groups in total. The molecular weight excluding hydrogens is 240 g/mol. The van der Waals surface area contributed by atoms with E-state index in [-0.39, 0.29) is 5.69 Å². The molecule has 0 aliphatic heterocycles. The highest BCUT2D eigenvalue weighted by Crippen LogP contribution is 2.22. The fraction of sp³-hybridized carbons (Fsp3) is 0.0909. The van der Waals surface area contributed by atoms with Crippen molar-refractivity contribution in [2.45, 2.75) is 0 Å². The minimum atomic E-state index is -3.37. The summed E-state index contributed by atoms with van der Waals surface area (Å²) in [4.78, 5) is 14.7. The van der Waals surface area contributed by atoms with Crippen molar-refractivity contribution in [1.82, 2.24) is 4.98 Å². The van der Waals surface area contributed by atoms with Crippen LogP contribution in [0.1, 0.15) is 10.5 Å². The Morgan fingerprint density at radius 1 is 1.24 bits per heavy atom. The first-order chi connectivity index (χ1) is 7.99. The second-order valence-corrected chi connectivity index (χ2v) is 5.35. The Kier molecular flexibility index (Phi) is 2.81. The lowest BCUT2D eigenvalue weighted by atomic mass is 10.2. The predicted octanol–water partition coefficient (Wildman–Crippen LogP) is 1.42. The number of carbonyl (C=O) groups is 1. The van der Waals surface area contributed by atoms with Crippen LogP contribution in [0.15, 0.2) is 30.3 Å². The van der Waals surface area contributed by atoms with E-state index in [1.54, 1.807) is 30.3 Å². The van der Waals surface area contributed by atoms with Gasteiger partial charge in [-0.05, 0) is 12.1 Å². The molecule has 0 atom stereocenters. The van der Waals surface area contributed by atoms with Crippen LogP contribution in [0, 0.1) is 0 Å². The lowest BCUT2D eigenvalue weighted by Gasteiger charge is -2.07. The van der Waals surface area contributed by atoms with E-state index in [1.165, 1.54) is 0 Å². The van der Waals surface area contributed by atoms with Gasteiger partial charge in [0.15, 0.2) is 6.29 Å². The highest BCUT2D eigenvalue weighted by molar-refractivity contribution is 7.92. The zero-order valence-electron chi connectivity index (χ0n) is 9.04. The Morgan fingerprint density at radius 3 is 2.65 bits per heavy atom. The molecule has 88 valence electrons. The Bertz CT molecular complexity index is 680. The number of anilines is 1. The molecule has 0 aliphatic carbocycles. The Labute approximate surface area is 98.5 Å². The Morgan fingerprint density at radius 2 is 2.00 bits per heavy atom. The number of hydrogen-bond donors (Lipinski definition) is 1. The fourth-order valence-corrected chi connectivity index (χ4v) is 2.07. The van der Waals surface area contributed by atoms with Crippen LogP contribution >= 0.6 is 0 Å². The molecule has 6 heteroatoms. The molecule has 17 heavy (non-hydrogen) atoms. The first-order valence-corrected chi connectivity index (χ1v) is 6.71. The van der Waals surface area contributed by atoms with E-state index >= 15 is 0 Å². The zero-order chi connectivity index (χ0) is 12.5. The average Bonchev–Trinajstić information content (AvgIpc) is 2.27. The van der Waals surface area contributed by atoms with Gasteiger partial charge in [0.2, 0.25) is 10.0 Å². The van der Waals surface area contributed by atoms with E-state index in [0.29, 0.717) is 17.5 Å². The van der Waals surface area contributed by atoms with Crippen LogP contribution in [-0.4, -0.2) is 25.9 Å². The second-order valence-electron chi connectivity index (χ2n) is 3.61. The van der Waals surface area contributed by atoms with Crippen LogP contribution in [0.4, 0.5) is 5.69 Å². The molecule has 0 spiro atoms. The van der Waals surface area contributed by atoms with E-state index in [1.807, 2.05) is 0 Å². The highest BCUT2D eigenvalue weighted by Gasteiger charge is 2.07. The fourth-order valence-electron chi connectivity index (χ4n) is 1.51. The van der Waals surface area contributed by atoms with E-state index in [9.17, 15) is 13.2 Å². The Hall–Kier alpha value is -1.95. The van der Waals surface area contributed by atoms with Gasteiger partial charge in [0, 0.05) is 5.39 Å². The summed E-state index contributed by atoms with van der Waals surface area (Å²) in [6, 6.07) is 8.42. The molecule has 0 saturated heterocycles. The van der Waals surface area contributed by atoms with Gasteiger partial charge in [-0.25, -0.2) is 13.4 Å². The van der Waals surface area contributed by atoms with Gasteiger partial charge in [0.1, 0.15) is 5.69 Å². The number of rotatable bonds is 3. The largest absolute Gasteiger partial charge is 0.296 e. The first-order valence-electron chi connectivity index (χ1n) is 4.82. The number of para-hydroxylation sites is 1. The van der Waals surface area contributed by atoms with Crippen LogP contribution in [-0.2, 0) is 10.0 Å². The van der Waals surface area contributed by atoms with Crippen LogP contribution < -0.4 is 4.72 Å². The van der Waals surface area contributed by atoms with Crippen molar-refractivity contribution in [2.75, 3.05) is 11.0 Å². The van der Waals surface area contributed by atoms with Crippen molar-refractivity contribution < 1.29 is 13.2 Å². The average molecular weight is 250 g/mol. The molecule has 0 saturated carbocycles. The molecule has 0 bridgehead atoms. The summed E-state index contributed by atoms with van der Waals surface area (Å²) < 4.78 is 24.7. The van der Waals surface area contributed by atoms with Gasteiger partial charge in [0.05, 0.1) is 17.5 Å². The standard InChI is InChI=1S/C11H10N2O3S/c1-17(15,16)13-10-4-2-3-8-5-6-9(7-14)12-11(8)10/h2-7,13H,1H3. The summed E-state index contributed by atoms with van der Waals surface area (Å²) in [5, 5.41) is 0.768. The molecule has 0 amide bonds. The van der Waals surface area contributed by atoms with E-state index in [0.717, 1.165) is 11.6 Å². The minimum Gasteiger partial charge on any atom is -0.296 e. The molecule has 1 aromatic heterocycles. The molecule has 2 rings (SSSR count). The molecule has 1 aromatic carbocycles. The highest BCUT2D eigenvalue weighted by atomic mass is 32.2. The maximum atomic E-state index is 11.2. The Balaban J connectivity index is 2.66. The molecular formula is C11H10N2O3S. The van der Waals surface area contributed by atoms with Crippen LogP contribution in [0.5, 0.6) is 0 Å². The second kappa shape index (κ2) is 4.14. The lowest BCUT2D eigenvalue weighted by molar-refractivity contribution is 0.111. The quantitative estimate of drug-likeness (QED) is 0.836. The van der Waals surface area contributed by atoms with Crippen molar-refractivity contribution in [3.8, 4) is 0 Å². The smallest absolute Gasteiger partial charge is 0.229 e. The first kappa shape index (κ1) is 11.5. The number of hydrogen-bond acceptors (Lipinski definition) is 4. The molecule has 2 aromatic rings. The van der Waals surface area contributed by atoms with Crippen LogP contribution in [0.2, 0.25) is 0 Å². The summed E-state index contributed by atoms with van der Waals surface area (Å²) in [6.45, 7) is 0. The number of nitrogens with zero attached hydrogens (tertiary/aromatic N) is 1. The van der Waals surface area contributed by atoms with Gasteiger partial charge >= 0.3 is 0 Å². The lowest BCUT2D eigenvalue weighted by Crippen LogP contribution is -2.10.